The van der Waals surface area contributed by atoms with E-state index < -0.39 is 0 Å². The molecule has 0 spiro atoms. The molecule has 1 aliphatic heterocycles. The number of aromatic nitrogens is 2. The van der Waals surface area contributed by atoms with E-state index in [1.807, 2.05) is 19.4 Å². The number of ether oxygens (including phenoxy) is 1. The van der Waals surface area contributed by atoms with E-state index >= 15 is 0 Å². The fourth-order valence-corrected chi connectivity index (χ4v) is 1.96. The zero-order chi connectivity index (χ0) is 9.97. The van der Waals surface area contributed by atoms with Crippen LogP contribution < -0.4 is 5.73 Å². The predicted octanol–water partition coefficient (Wildman–Crippen LogP) is 0.846. The van der Waals surface area contributed by atoms with Crippen molar-refractivity contribution in [2.45, 2.75) is 18.9 Å². The summed E-state index contributed by atoms with van der Waals surface area (Å²) >= 11 is 0. The van der Waals surface area contributed by atoms with Crippen LogP contribution in [0.3, 0.4) is 0 Å². The Morgan fingerprint density at radius 1 is 1.57 bits per heavy atom. The van der Waals surface area contributed by atoms with E-state index in [9.17, 15) is 0 Å². The first kappa shape index (κ1) is 9.68. The Labute approximate surface area is 84.0 Å². The van der Waals surface area contributed by atoms with E-state index in [4.69, 9.17) is 10.5 Å². The van der Waals surface area contributed by atoms with Gasteiger partial charge in [0, 0.05) is 38.1 Å². The number of rotatable bonds is 2. The quantitative estimate of drug-likeness (QED) is 0.761. The van der Waals surface area contributed by atoms with Crippen molar-refractivity contribution in [3.63, 3.8) is 0 Å². The first-order valence-electron chi connectivity index (χ1n) is 5.09. The lowest BCUT2D eigenvalue weighted by atomic mass is 9.89. The number of nitrogens with zero attached hydrogens (tertiary/aromatic N) is 2. The molecule has 2 heterocycles. The summed E-state index contributed by atoms with van der Waals surface area (Å²) in [4.78, 5) is 0. The lowest BCUT2D eigenvalue weighted by molar-refractivity contribution is 0.0584. The molecule has 14 heavy (non-hydrogen) atoms. The standard InChI is InChI=1S/C10H17N3O/c1-13-7-9(6-12-13)10(11)8-2-4-14-5-3-8/h6-8,10H,2-5,11H2,1H3/t10-/m1/s1. The van der Waals surface area contributed by atoms with Crippen molar-refractivity contribution < 1.29 is 4.74 Å². The van der Waals surface area contributed by atoms with Crippen LogP contribution in [-0.4, -0.2) is 23.0 Å². The van der Waals surface area contributed by atoms with Crippen molar-refractivity contribution in [1.82, 2.24) is 9.78 Å². The Balaban J connectivity index is 2.03. The average molecular weight is 195 g/mol. The van der Waals surface area contributed by atoms with Gasteiger partial charge in [-0.3, -0.25) is 4.68 Å². The second-order valence-electron chi connectivity index (χ2n) is 3.92. The topological polar surface area (TPSA) is 53.1 Å². The molecule has 0 radical (unpaired) electrons. The highest BCUT2D eigenvalue weighted by Gasteiger charge is 2.22. The normalized spacial score (nSPS) is 21.0. The molecule has 1 saturated heterocycles. The number of hydrogen-bond acceptors (Lipinski definition) is 3. The third kappa shape index (κ3) is 1.96. The smallest absolute Gasteiger partial charge is 0.0537 e. The predicted molar refractivity (Wildman–Crippen MR) is 53.7 cm³/mol. The van der Waals surface area contributed by atoms with Gasteiger partial charge < -0.3 is 10.5 Å². The zero-order valence-corrected chi connectivity index (χ0v) is 8.52. The summed E-state index contributed by atoms with van der Waals surface area (Å²) in [5.41, 5.74) is 7.31. The summed E-state index contributed by atoms with van der Waals surface area (Å²) in [6, 6.07) is 0.118. The SMILES string of the molecule is Cn1cc([C@H](N)C2CCOCC2)cn1. The summed E-state index contributed by atoms with van der Waals surface area (Å²) in [6.45, 7) is 1.69. The van der Waals surface area contributed by atoms with Crippen molar-refractivity contribution >= 4 is 0 Å². The van der Waals surface area contributed by atoms with Gasteiger partial charge in [0.05, 0.1) is 6.20 Å². The molecule has 0 bridgehead atoms. The Hall–Kier alpha value is -0.870. The van der Waals surface area contributed by atoms with Gasteiger partial charge in [0.2, 0.25) is 0 Å². The Morgan fingerprint density at radius 3 is 2.86 bits per heavy atom. The summed E-state index contributed by atoms with van der Waals surface area (Å²) < 4.78 is 7.11. The van der Waals surface area contributed by atoms with Crippen LogP contribution in [0.1, 0.15) is 24.4 Å². The zero-order valence-electron chi connectivity index (χ0n) is 8.52. The minimum absolute atomic E-state index is 0.118. The molecule has 0 aromatic carbocycles. The van der Waals surface area contributed by atoms with Gasteiger partial charge in [-0.25, -0.2) is 0 Å². The van der Waals surface area contributed by atoms with Crippen LogP contribution in [0.2, 0.25) is 0 Å². The lowest BCUT2D eigenvalue weighted by Crippen LogP contribution is -2.27. The Kier molecular flexibility index (Phi) is 2.84. The van der Waals surface area contributed by atoms with Crippen LogP contribution in [-0.2, 0) is 11.8 Å². The molecular formula is C10H17N3O. The molecular weight excluding hydrogens is 178 g/mol. The van der Waals surface area contributed by atoms with Gasteiger partial charge in [-0.2, -0.15) is 5.10 Å². The highest BCUT2D eigenvalue weighted by Crippen LogP contribution is 2.27. The number of hydrogen-bond donors (Lipinski definition) is 1. The first-order valence-corrected chi connectivity index (χ1v) is 5.09. The molecule has 4 nitrogen and oxygen atoms in total. The van der Waals surface area contributed by atoms with E-state index in [-0.39, 0.29) is 6.04 Å². The van der Waals surface area contributed by atoms with E-state index in [1.165, 1.54) is 0 Å². The summed E-state index contributed by atoms with van der Waals surface area (Å²) in [7, 11) is 1.92. The van der Waals surface area contributed by atoms with Crippen LogP contribution >= 0.6 is 0 Å². The highest BCUT2D eigenvalue weighted by molar-refractivity contribution is 5.10. The second kappa shape index (κ2) is 4.11. The van der Waals surface area contributed by atoms with Crippen molar-refractivity contribution in [2.75, 3.05) is 13.2 Å². The molecule has 1 atom stereocenters. The number of nitrogens with two attached hydrogens (primary N) is 1. The van der Waals surface area contributed by atoms with Gasteiger partial charge in [0.1, 0.15) is 0 Å². The maximum Gasteiger partial charge on any atom is 0.0537 e. The van der Waals surface area contributed by atoms with Crippen molar-refractivity contribution in [3.05, 3.63) is 18.0 Å². The maximum atomic E-state index is 6.17. The molecule has 78 valence electrons. The average Bonchev–Trinajstić information content (AvgIpc) is 2.65. The number of aryl methyl sites for hydroxylation is 1. The summed E-state index contributed by atoms with van der Waals surface area (Å²) in [6.07, 6.45) is 5.99. The Bertz CT molecular complexity index is 291. The molecule has 0 saturated carbocycles. The lowest BCUT2D eigenvalue weighted by Gasteiger charge is -2.26. The van der Waals surface area contributed by atoms with E-state index in [1.54, 1.807) is 4.68 Å². The third-order valence-electron chi connectivity index (χ3n) is 2.88. The van der Waals surface area contributed by atoms with Gasteiger partial charge >= 0.3 is 0 Å². The molecule has 4 heteroatoms. The van der Waals surface area contributed by atoms with E-state index in [2.05, 4.69) is 5.10 Å². The van der Waals surface area contributed by atoms with Gasteiger partial charge in [-0.1, -0.05) is 0 Å². The van der Waals surface area contributed by atoms with E-state index in [0.717, 1.165) is 31.6 Å². The van der Waals surface area contributed by atoms with Crippen LogP contribution in [0.5, 0.6) is 0 Å². The second-order valence-corrected chi connectivity index (χ2v) is 3.92. The van der Waals surface area contributed by atoms with Gasteiger partial charge in [-0.05, 0) is 18.8 Å². The molecule has 2 N–H and O–H groups in total. The largest absolute Gasteiger partial charge is 0.381 e. The minimum Gasteiger partial charge on any atom is -0.381 e. The highest BCUT2D eigenvalue weighted by atomic mass is 16.5. The van der Waals surface area contributed by atoms with Crippen LogP contribution in [0.25, 0.3) is 0 Å². The van der Waals surface area contributed by atoms with E-state index in [0.29, 0.717) is 5.92 Å². The maximum absolute atomic E-state index is 6.17. The van der Waals surface area contributed by atoms with Crippen LogP contribution in [0, 0.1) is 5.92 Å². The molecule has 1 aromatic rings. The summed E-state index contributed by atoms with van der Waals surface area (Å²) in [5, 5.41) is 4.14. The fraction of sp³-hybridized carbons (Fsp3) is 0.700. The molecule has 0 amide bonds. The fourth-order valence-electron chi connectivity index (χ4n) is 1.96. The van der Waals surface area contributed by atoms with Crippen molar-refractivity contribution in [2.24, 2.45) is 18.7 Å². The molecule has 0 unspecified atom stereocenters. The minimum atomic E-state index is 0.118. The monoisotopic (exact) mass is 195 g/mol. The van der Waals surface area contributed by atoms with Gasteiger partial charge in [0.25, 0.3) is 0 Å². The van der Waals surface area contributed by atoms with Crippen molar-refractivity contribution in [3.8, 4) is 0 Å². The molecule has 0 aliphatic carbocycles. The molecule has 1 fully saturated rings. The summed E-state index contributed by atoms with van der Waals surface area (Å²) in [5.74, 6) is 0.549. The van der Waals surface area contributed by atoms with Crippen LogP contribution in [0.4, 0.5) is 0 Å². The Morgan fingerprint density at radius 2 is 2.29 bits per heavy atom. The molecule has 1 aromatic heterocycles. The third-order valence-corrected chi connectivity index (χ3v) is 2.88. The van der Waals surface area contributed by atoms with Gasteiger partial charge in [0.15, 0.2) is 0 Å². The van der Waals surface area contributed by atoms with Gasteiger partial charge in [-0.15, -0.1) is 0 Å². The molecule has 1 aliphatic rings. The van der Waals surface area contributed by atoms with Crippen LogP contribution in [0.15, 0.2) is 12.4 Å². The molecule has 2 rings (SSSR count). The first-order chi connectivity index (χ1) is 6.77. The van der Waals surface area contributed by atoms with Crippen molar-refractivity contribution in [1.29, 1.82) is 0 Å².